The predicted molar refractivity (Wildman–Crippen MR) is 106 cm³/mol. The van der Waals surface area contributed by atoms with Crippen molar-refractivity contribution in [2.24, 2.45) is 0 Å². The normalized spacial score (nSPS) is 11.0. The standard InChI is InChI=1S/C20H19ClN6O/c21-17-12-23-26(14-17)13-15-6-8-16(9-7-15)20(28)22-10-3-5-19-25-24-18-4-1-2-11-27(18)19/h1-2,4,6-9,11-12,14H,3,5,10,13H2,(H,22,28). The van der Waals surface area contributed by atoms with Crippen molar-refractivity contribution in [2.75, 3.05) is 6.54 Å². The molecule has 0 radical (unpaired) electrons. The average molecular weight is 395 g/mol. The van der Waals surface area contributed by atoms with Crippen LogP contribution in [0, 0.1) is 0 Å². The van der Waals surface area contributed by atoms with Gasteiger partial charge >= 0.3 is 0 Å². The third-order valence-corrected chi connectivity index (χ3v) is 4.60. The molecule has 1 aromatic carbocycles. The number of carbonyl (C=O) groups is 1. The molecule has 4 aromatic rings. The lowest BCUT2D eigenvalue weighted by Crippen LogP contribution is -2.24. The Morgan fingerprint density at radius 1 is 1.11 bits per heavy atom. The highest BCUT2D eigenvalue weighted by molar-refractivity contribution is 6.30. The Morgan fingerprint density at radius 2 is 1.96 bits per heavy atom. The first-order chi connectivity index (χ1) is 13.7. The quantitative estimate of drug-likeness (QED) is 0.489. The number of nitrogens with one attached hydrogen (secondary N) is 1. The Labute approximate surface area is 167 Å². The van der Waals surface area contributed by atoms with Crippen LogP contribution in [0.1, 0.15) is 28.2 Å². The summed E-state index contributed by atoms with van der Waals surface area (Å²) in [6, 6.07) is 13.3. The number of amides is 1. The van der Waals surface area contributed by atoms with Crippen LogP contribution >= 0.6 is 11.6 Å². The summed E-state index contributed by atoms with van der Waals surface area (Å²) < 4.78 is 3.72. The summed E-state index contributed by atoms with van der Waals surface area (Å²) in [5.74, 6) is 0.813. The monoisotopic (exact) mass is 394 g/mol. The summed E-state index contributed by atoms with van der Waals surface area (Å²) in [6.45, 7) is 1.19. The number of fused-ring (bicyclic) bond motifs is 1. The molecule has 0 aliphatic heterocycles. The maximum atomic E-state index is 12.3. The third-order valence-electron chi connectivity index (χ3n) is 4.41. The Bertz CT molecular complexity index is 1090. The van der Waals surface area contributed by atoms with Gasteiger partial charge in [0.05, 0.1) is 17.8 Å². The maximum Gasteiger partial charge on any atom is 0.251 e. The number of nitrogens with zero attached hydrogens (tertiary/aromatic N) is 5. The molecule has 142 valence electrons. The molecule has 3 aromatic heterocycles. The average Bonchev–Trinajstić information content (AvgIpc) is 3.31. The molecule has 1 N–H and O–H groups in total. The predicted octanol–water partition coefficient (Wildman–Crippen LogP) is 2.99. The van der Waals surface area contributed by atoms with Crippen LogP contribution in [0.5, 0.6) is 0 Å². The van der Waals surface area contributed by atoms with Crippen molar-refractivity contribution in [3.63, 3.8) is 0 Å². The van der Waals surface area contributed by atoms with E-state index in [-0.39, 0.29) is 5.91 Å². The minimum Gasteiger partial charge on any atom is -0.352 e. The van der Waals surface area contributed by atoms with E-state index in [4.69, 9.17) is 11.6 Å². The van der Waals surface area contributed by atoms with E-state index in [0.717, 1.165) is 29.9 Å². The zero-order valence-corrected chi connectivity index (χ0v) is 15.9. The second-order valence-corrected chi connectivity index (χ2v) is 6.89. The summed E-state index contributed by atoms with van der Waals surface area (Å²) in [7, 11) is 0. The second-order valence-electron chi connectivity index (χ2n) is 6.46. The lowest BCUT2D eigenvalue weighted by molar-refractivity contribution is 0.0953. The summed E-state index contributed by atoms with van der Waals surface area (Å²) in [5, 5.41) is 16.0. The van der Waals surface area contributed by atoms with Gasteiger partial charge in [-0.2, -0.15) is 5.10 Å². The van der Waals surface area contributed by atoms with E-state index in [2.05, 4.69) is 20.6 Å². The molecule has 0 atom stereocenters. The number of pyridine rings is 1. The molecule has 0 saturated heterocycles. The molecule has 0 aliphatic carbocycles. The number of aromatic nitrogens is 5. The first-order valence-electron chi connectivity index (χ1n) is 9.03. The fourth-order valence-electron chi connectivity index (χ4n) is 2.99. The number of hydrogen-bond acceptors (Lipinski definition) is 4. The topological polar surface area (TPSA) is 77.1 Å². The molecule has 4 rings (SSSR count). The van der Waals surface area contributed by atoms with Crippen LogP contribution < -0.4 is 5.32 Å². The molecule has 1 amide bonds. The molecule has 0 bridgehead atoms. The SMILES string of the molecule is O=C(NCCCc1nnc2ccccn12)c1ccc(Cn2cc(Cl)cn2)cc1. The van der Waals surface area contributed by atoms with Gasteiger partial charge in [-0.25, -0.2) is 0 Å². The highest BCUT2D eigenvalue weighted by atomic mass is 35.5. The Morgan fingerprint density at radius 3 is 2.75 bits per heavy atom. The molecule has 3 heterocycles. The molecule has 0 aliphatic rings. The number of halogens is 1. The van der Waals surface area contributed by atoms with Crippen LogP contribution in [0.3, 0.4) is 0 Å². The van der Waals surface area contributed by atoms with E-state index in [1.54, 1.807) is 17.1 Å². The molecule has 0 fully saturated rings. The van der Waals surface area contributed by atoms with E-state index >= 15 is 0 Å². The number of benzene rings is 1. The van der Waals surface area contributed by atoms with Gasteiger partial charge in [0.2, 0.25) is 0 Å². The van der Waals surface area contributed by atoms with Gasteiger partial charge in [-0.3, -0.25) is 13.9 Å². The van der Waals surface area contributed by atoms with Gasteiger partial charge in [0, 0.05) is 30.9 Å². The smallest absolute Gasteiger partial charge is 0.251 e. The van der Waals surface area contributed by atoms with Gasteiger partial charge < -0.3 is 5.32 Å². The lowest BCUT2D eigenvalue weighted by Gasteiger charge is -2.06. The molecule has 8 heteroatoms. The Kier molecular flexibility index (Phi) is 5.34. The Balaban J connectivity index is 1.26. The van der Waals surface area contributed by atoms with Crippen LogP contribution in [-0.4, -0.2) is 36.8 Å². The van der Waals surface area contributed by atoms with Gasteiger partial charge in [0.1, 0.15) is 5.82 Å². The summed E-state index contributed by atoms with van der Waals surface area (Å²) in [4.78, 5) is 12.3. The molecule has 28 heavy (non-hydrogen) atoms. The molecule has 7 nitrogen and oxygen atoms in total. The maximum absolute atomic E-state index is 12.3. The van der Waals surface area contributed by atoms with E-state index in [1.165, 1.54) is 0 Å². The minimum atomic E-state index is -0.0835. The molecule has 0 saturated carbocycles. The molecular weight excluding hydrogens is 376 g/mol. The van der Waals surface area contributed by atoms with E-state index < -0.39 is 0 Å². The third kappa shape index (κ3) is 4.20. The summed E-state index contributed by atoms with van der Waals surface area (Å²) in [5.41, 5.74) is 2.52. The summed E-state index contributed by atoms with van der Waals surface area (Å²) in [6.07, 6.45) is 6.85. The van der Waals surface area contributed by atoms with Crippen LogP contribution in [0.25, 0.3) is 5.65 Å². The lowest BCUT2D eigenvalue weighted by atomic mass is 10.1. The highest BCUT2D eigenvalue weighted by Crippen LogP contribution is 2.10. The molecule has 0 unspecified atom stereocenters. The number of rotatable bonds is 7. The zero-order chi connectivity index (χ0) is 19.3. The zero-order valence-electron chi connectivity index (χ0n) is 15.1. The Hall–Kier alpha value is -3.19. The van der Waals surface area contributed by atoms with E-state index in [9.17, 15) is 4.79 Å². The first-order valence-corrected chi connectivity index (χ1v) is 9.40. The van der Waals surface area contributed by atoms with Crippen LogP contribution in [-0.2, 0) is 13.0 Å². The second kappa shape index (κ2) is 8.22. The van der Waals surface area contributed by atoms with Crippen molar-refractivity contribution in [3.8, 4) is 0 Å². The highest BCUT2D eigenvalue weighted by Gasteiger charge is 2.07. The summed E-state index contributed by atoms with van der Waals surface area (Å²) >= 11 is 5.87. The van der Waals surface area contributed by atoms with Gasteiger partial charge in [0.15, 0.2) is 5.65 Å². The van der Waals surface area contributed by atoms with Crippen molar-refractivity contribution in [1.82, 2.24) is 29.7 Å². The fraction of sp³-hybridized carbons (Fsp3) is 0.200. The van der Waals surface area contributed by atoms with Gasteiger partial charge in [-0.1, -0.05) is 29.8 Å². The van der Waals surface area contributed by atoms with Crippen molar-refractivity contribution in [1.29, 1.82) is 0 Å². The number of hydrogen-bond donors (Lipinski definition) is 1. The van der Waals surface area contributed by atoms with Crippen molar-refractivity contribution in [2.45, 2.75) is 19.4 Å². The largest absolute Gasteiger partial charge is 0.352 e. The van der Waals surface area contributed by atoms with Gasteiger partial charge in [-0.05, 0) is 36.2 Å². The fourth-order valence-corrected chi connectivity index (χ4v) is 3.14. The number of aryl methyl sites for hydroxylation is 1. The van der Waals surface area contributed by atoms with Crippen LogP contribution in [0.2, 0.25) is 5.02 Å². The first kappa shape index (κ1) is 18.2. The molecular formula is C20H19ClN6O. The molecule has 0 spiro atoms. The van der Waals surface area contributed by atoms with E-state index in [0.29, 0.717) is 23.7 Å². The van der Waals surface area contributed by atoms with E-state index in [1.807, 2.05) is 53.1 Å². The van der Waals surface area contributed by atoms with Crippen molar-refractivity contribution < 1.29 is 4.79 Å². The minimum absolute atomic E-state index is 0.0835. The van der Waals surface area contributed by atoms with Gasteiger partial charge in [-0.15, -0.1) is 10.2 Å². The van der Waals surface area contributed by atoms with Crippen molar-refractivity contribution >= 4 is 23.2 Å². The number of carbonyl (C=O) groups excluding carboxylic acids is 1. The van der Waals surface area contributed by atoms with Crippen LogP contribution in [0.15, 0.2) is 61.1 Å². The van der Waals surface area contributed by atoms with Crippen LogP contribution in [0.4, 0.5) is 0 Å². The van der Waals surface area contributed by atoms with Gasteiger partial charge in [0.25, 0.3) is 5.91 Å². The van der Waals surface area contributed by atoms with Crippen molar-refractivity contribution in [3.05, 3.63) is 83.0 Å².